The van der Waals surface area contributed by atoms with Gasteiger partial charge in [-0.3, -0.25) is 9.59 Å². The molecule has 0 saturated heterocycles. The maximum atomic E-state index is 13.6. The van der Waals surface area contributed by atoms with Crippen LogP contribution >= 0.6 is 0 Å². The van der Waals surface area contributed by atoms with Crippen molar-refractivity contribution in [1.29, 1.82) is 0 Å². The zero-order valence-electron chi connectivity index (χ0n) is 11.8. The summed E-state index contributed by atoms with van der Waals surface area (Å²) in [5, 5.41) is 0. The van der Waals surface area contributed by atoms with Gasteiger partial charge in [-0.05, 0) is 25.8 Å². The van der Waals surface area contributed by atoms with Crippen LogP contribution < -0.4 is 0 Å². The van der Waals surface area contributed by atoms with Crippen LogP contribution in [0.2, 0.25) is 0 Å². The van der Waals surface area contributed by atoms with Gasteiger partial charge < -0.3 is 9.64 Å². The molecule has 2 rings (SSSR count). The van der Waals surface area contributed by atoms with E-state index < -0.39 is 23.5 Å². The Morgan fingerprint density at radius 2 is 2.05 bits per heavy atom. The molecule has 1 aromatic carbocycles. The monoisotopic (exact) mass is 297 g/mol. The van der Waals surface area contributed by atoms with E-state index in [0.717, 1.165) is 18.9 Å². The first-order valence-electron chi connectivity index (χ1n) is 6.91. The fourth-order valence-electron chi connectivity index (χ4n) is 2.10. The van der Waals surface area contributed by atoms with E-state index in [1.807, 2.05) is 0 Å². The van der Waals surface area contributed by atoms with Crippen LogP contribution in [-0.4, -0.2) is 36.0 Å². The number of amides is 1. The summed E-state index contributed by atoms with van der Waals surface area (Å²) in [6, 6.07) is 3.72. The van der Waals surface area contributed by atoms with Crippen molar-refractivity contribution in [3.8, 4) is 0 Å². The molecule has 4 nitrogen and oxygen atoms in total. The third kappa shape index (κ3) is 4.00. The van der Waals surface area contributed by atoms with Crippen LogP contribution in [-0.2, 0) is 20.7 Å². The zero-order chi connectivity index (χ0) is 15.4. The van der Waals surface area contributed by atoms with Gasteiger partial charge in [0.25, 0.3) is 0 Å². The predicted octanol–water partition coefficient (Wildman–Crippen LogP) is 2.06. The highest BCUT2D eigenvalue weighted by Gasteiger charge is 2.34. The Balaban J connectivity index is 2.05. The van der Waals surface area contributed by atoms with Gasteiger partial charge in [0.1, 0.15) is 6.54 Å². The number of hydrogen-bond acceptors (Lipinski definition) is 3. The summed E-state index contributed by atoms with van der Waals surface area (Å²) in [4.78, 5) is 25.1. The topological polar surface area (TPSA) is 46.6 Å². The van der Waals surface area contributed by atoms with E-state index in [2.05, 4.69) is 0 Å². The molecule has 114 valence electrons. The Kier molecular flexibility index (Phi) is 4.88. The lowest BCUT2D eigenvalue weighted by Gasteiger charge is -2.21. The maximum Gasteiger partial charge on any atom is 0.325 e. The molecule has 0 bridgehead atoms. The number of esters is 1. The standard InChI is InChI=1S/C15H17F2NO3/c1-2-21-14(20)9-18(11-6-7-11)13(19)8-10-4-3-5-12(16)15(10)17/h3-5,11H,2,6-9H2,1H3. The molecular weight excluding hydrogens is 280 g/mol. The van der Waals surface area contributed by atoms with E-state index >= 15 is 0 Å². The highest BCUT2D eigenvalue weighted by Crippen LogP contribution is 2.27. The Morgan fingerprint density at radius 1 is 1.33 bits per heavy atom. The third-order valence-corrected chi connectivity index (χ3v) is 3.29. The van der Waals surface area contributed by atoms with E-state index in [9.17, 15) is 18.4 Å². The molecule has 1 aliphatic carbocycles. The van der Waals surface area contributed by atoms with Crippen LogP contribution in [0.3, 0.4) is 0 Å². The second-order valence-electron chi connectivity index (χ2n) is 4.95. The average Bonchev–Trinajstić information content (AvgIpc) is 3.26. The number of carbonyl (C=O) groups is 2. The first kappa shape index (κ1) is 15.4. The van der Waals surface area contributed by atoms with E-state index in [0.29, 0.717) is 0 Å². The minimum Gasteiger partial charge on any atom is -0.465 e. The van der Waals surface area contributed by atoms with Gasteiger partial charge >= 0.3 is 5.97 Å². The summed E-state index contributed by atoms with van der Waals surface area (Å²) in [5.41, 5.74) is -0.00508. The van der Waals surface area contributed by atoms with Crippen molar-refractivity contribution in [3.05, 3.63) is 35.4 Å². The summed E-state index contributed by atoms with van der Waals surface area (Å²) in [6.07, 6.45) is 1.37. The number of carbonyl (C=O) groups excluding carboxylic acids is 2. The molecule has 0 radical (unpaired) electrons. The van der Waals surface area contributed by atoms with E-state index in [1.165, 1.54) is 17.0 Å². The number of benzene rings is 1. The lowest BCUT2D eigenvalue weighted by atomic mass is 10.1. The minimum absolute atomic E-state index is 0.00136. The van der Waals surface area contributed by atoms with Gasteiger partial charge in [0, 0.05) is 11.6 Å². The average molecular weight is 297 g/mol. The largest absolute Gasteiger partial charge is 0.465 e. The second kappa shape index (κ2) is 6.65. The van der Waals surface area contributed by atoms with Gasteiger partial charge in [0.05, 0.1) is 13.0 Å². The molecular formula is C15H17F2NO3. The molecule has 0 aromatic heterocycles. The number of nitrogens with zero attached hydrogens (tertiary/aromatic N) is 1. The molecule has 21 heavy (non-hydrogen) atoms. The normalized spacial score (nSPS) is 13.9. The molecule has 1 aromatic rings. The quantitative estimate of drug-likeness (QED) is 0.755. The lowest BCUT2D eigenvalue weighted by Crippen LogP contribution is -2.39. The number of halogens is 2. The van der Waals surface area contributed by atoms with Gasteiger partial charge in [-0.1, -0.05) is 12.1 Å². The Morgan fingerprint density at radius 3 is 2.67 bits per heavy atom. The Hall–Kier alpha value is -1.98. The Labute approximate surface area is 121 Å². The van der Waals surface area contributed by atoms with Crippen molar-refractivity contribution in [1.82, 2.24) is 4.90 Å². The van der Waals surface area contributed by atoms with Gasteiger partial charge in [0.2, 0.25) is 5.91 Å². The van der Waals surface area contributed by atoms with Crippen molar-refractivity contribution in [2.75, 3.05) is 13.2 Å². The van der Waals surface area contributed by atoms with Crippen LogP contribution in [0, 0.1) is 11.6 Å². The van der Waals surface area contributed by atoms with Gasteiger partial charge in [-0.15, -0.1) is 0 Å². The lowest BCUT2D eigenvalue weighted by molar-refractivity contribution is -0.149. The number of ether oxygens (including phenoxy) is 1. The fraction of sp³-hybridized carbons (Fsp3) is 0.467. The molecule has 0 atom stereocenters. The summed E-state index contributed by atoms with van der Waals surface area (Å²) in [7, 11) is 0. The molecule has 6 heteroatoms. The molecule has 0 N–H and O–H groups in total. The number of rotatable bonds is 6. The first-order valence-corrected chi connectivity index (χ1v) is 6.91. The summed E-state index contributed by atoms with van der Waals surface area (Å²) < 4.78 is 31.6. The van der Waals surface area contributed by atoms with Crippen molar-refractivity contribution in [2.45, 2.75) is 32.2 Å². The third-order valence-electron chi connectivity index (χ3n) is 3.29. The molecule has 0 heterocycles. The highest BCUT2D eigenvalue weighted by atomic mass is 19.2. The number of hydrogen-bond donors (Lipinski definition) is 0. The fourth-order valence-corrected chi connectivity index (χ4v) is 2.10. The summed E-state index contributed by atoms with van der Waals surface area (Å²) in [5.74, 6) is -2.88. The molecule has 1 saturated carbocycles. The van der Waals surface area contributed by atoms with Gasteiger partial charge in [-0.25, -0.2) is 8.78 Å². The molecule has 0 spiro atoms. The molecule has 1 amide bonds. The summed E-state index contributed by atoms with van der Waals surface area (Å²) >= 11 is 0. The van der Waals surface area contributed by atoms with Crippen molar-refractivity contribution in [2.24, 2.45) is 0 Å². The van der Waals surface area contributed by atoms with Crippen molar-refractivity contribution >= 4 is 11.9 Å². The molecule has 1 aliphatic rings. The minimum atomic E-state index is -1.02. The van der Waals surface area contributed by atoms with E-state index in [1.54, 1.807) is 6.92 Å². The smallest absolute Gasteiger partial charge is 0.325 e. The first-order chi connectivity index (χ1) is 10.0. The highest BCUT2D eigenvalue weighted by molar-refractivity contribution is 5.84. The van der Waals surface area contributed by atoms with Crippen LogP contribution in [0.1, 0.15) is 25.3 Å². The van der Waals surface area contributed by atoms with Crippen molar-refractivity contribution < 1.29 is 23.1 Å². The second-order valence-corrected chi connectivity index (χ2v) is 4.95. The summed E-state index contributed by atoms with van der Waals surface area (Å²) in [6.45, 7) is 1.78. The van der Waals surface area contributed by atoms with E-state index in [-0.39, 0.29) is 31.2 Å². The van der Waals surface area contributed by atoms with Crippen LogP contribution in [0.5, 0.6) is 0 Å². The predicted molar refractivity (Wildman–Crippen MR) is 71.4 cm³/mol. The zero-order valence-corrected chi connectivity index (χ0v) is 11.8. The van der Waals surface area contributed by atoms with Crippen LogP contribution in [0.15, 0.2) is 18.2 Å². The van der Waals surface area contributed by atoms with Gasteiger partial charge in [0.15, 0.2) is 11.6 Å². The van der Waals surface area contributed by atoms with Crippen LogP contribution in [0.4, 0.5) is 8.78 Å². The maximum absolute atomic E-state index is 13.6. The SMILES string of the molecule is CCOC(=O)CN(C(=O)Cc1cccc(F)c1F)C1CC1. The van der Waals surface area contributed by atoms with E-state index in [4.69, 9.17) is 4.74 Å². The van der Waals surface area contributed by atoms with Crippen molar-refractivity contribution in [3.63, 3.8) is 0 Å². The van der Waals surface area contributed by atoms with Gasteiger partial charge in [-0.2, -0.15) is 0 Å². The molecule has 1 fully saturated rings. The molecule has 0 unspecified atom stereocenters. The van der Waals surface area contributed by atoms with Crippen LogP contribution in [0.25, 0.3) is 0 Å². The Bertz CT molecular complexity index is 544. The molecule has 0 aliphatic heterocycles.